The molecule has 2 aliphatic heterocycles. The molecule has 0 aromatic heterocycles. The van der Waals surface area contributed by atoms with E-state index in [1.807, 2.05) is 51.1 Å². The van der Waals surface area contributed by atoms with Gasteiger partial charge in [-0.15, -0.1) is 0 Å². The summed E-state index contributed by atoms with van der Waals surface area (Å²) in [7, 11) is 0. The van der Waals surface area contributed by atoms with E-state index >= 15 is 0 Å². The van der Waals surface area contributed by atoms with Gasteiger partial charge in [-0.1, -0.05) is 30.3 Å². The van der Waals surface area contributed by atoms with Crippen molar-refractivity contribution >= 4 is 0 Å². The summed E-state index contributed by atoms with van der Waals surface area (Å²) >= 11 is 0. The summed E-state index contributed by atoms with van der Waals surface area (Å²) in [5.74, 6) is -0.646. The lowest BCUT2D eigenvalue weighted by atomic mass is 10.1. The van der Waals surface area contributed by atoms with Crippen LogP contribution in [0.1, 0.15) is 26.3 Å². The number of benzene rings is 1. The second kappa shape index (κ2) is 5.66. The minimum absolute atomic E-state index is 0.147. The number of fused-ring (bicyclic) bond motifs is 1. The molecule has 2 N–H and O–H groups in total. The van der Waals surface area contributed by atoms with Crippen molar-refractivity contribution < 1.29 is 18.9 Å². The third kappa shape index (κ3) is 3.12. The van der Waals surface area contributed by atoms with Crippen LogP contribution in [0.25, 0.3) is 0 Å². The van der Waals surface area contributed by atoms with E-state index in [1.165, 1.54) is 0 Å². The first-order valence-corrected chi connectivity index (χ1v) is 7.38. The fourth-order valence-corrected chi connectivity index (χ4v) is 2.88. The van der Waals surface area contributed by atoms with E-state index in [-0.39, 0.29) is 24.4 Å². The van der Waals surface area contributed by atoms with Crippen molar-refractivity contribution in [1.29, 1.82) is 0 Å². The molecule has 2 fully saturated rings. The average Bonchev–Trinajstić information content (AvgIpc) is 2.90. The molecule has 116 valence electrons. The maximum Gasteiger partial charge on any atom is 0.190 e. The quantitative estimate of drug-likeness (QED) is 0.917. The molecular formula is C16H23NO4. The molecule has 1 aromatic rings. The monoisotopic (exact) mass is 293 g/mol. The topological polar surface area (TPSA) is 62.9 Å². The van der Waals surface area contributed by atoms with Crippen molar-refractivity contribution in [3.8, 4) is 0 Å². The summed E-state index contributed by atoms with van der Waals surface area (Å²) in [6, 6.07) is 9.89. The zero-order valence-corrected chi connectivity index (χ0v) is 12.7. The SMILES string of the molecule is C[C@@H](N)[C@H]1O[C@@H]2OC(C)(C)O[C@@H]2[C@H]1OCc1ccccc1. The van der Waals surface area contributed by atoms with Gasteiger partial charge >= 0.3 is 0 Å². The van der Waals surface area contributed by atoms with Crippen LogP contribution in [0.15, 0.2) is 30.3 Å². The molecule has 0 aliphatic carbocycles. The zero-order chi connectivity index (χ0) is 15.0. The Morgan fingerprint density at radius 1 is 1.24 bits per heavy atom. The summed E-state index contributed by atoms with van der Waals surface area (Å²) in [5.41, 5.74) is 7.13. The fourth-order valence-electron chi connectivity index (χ4n) is 2.88. The second-order valence-electron chi connectivity index (χ2n) is 6.19. The highest BCUT2D eigenvalue weighted by molar-refractivity contribution is 5.13. The Hall–Kier alpha value is -0.980. The molecule has 0 spiro atoms. The van der Waals surface area contributed by atoms with Crippen LogP contribution >= 0.6 is 0 Å². The zero-order valence-electron chi connectivity index (χ0n) is 12.7. The highest BCUT2D eigenvalue weighted by atomic mass is 16.8. The molecule has 5 heteroatoms. The van der Waals surface area contributed by atoms with E-state index in [2.05, 4.69) is 0 Å². The number of ether oxygens (including phenoxy) is 4. The van der Waals surface area contributed by atoms with Gasteiger partial charge in [0.1, 0.15) is 18.3 Å². The van der Waals surface area contributed by atoms with Crippen LogP contribution in [-0.4, -0.2) is 36.4 Å². The van der Waals surface area contributed by atoms with E-state index in [1.54, 1.807) is 0 Å². The van der Waals surface area contributed by atoms with Crippen LogP contribution in [0.2, 0.25) is 0 Å². The van der Waals surface area contributed by atoms with Crippen LogP contribution in [0, 0.1) is 0 Å². The Bertz CT molecular complexity index is 476. The van der Waals surface area contributed by atoms with E-state index in [0.29, 0.717) is 6.61 Å². The first-order chi connectivity index (χ1) is 9.96. The number of rotatable bonds is 4. The summed E-state index contributed by atoms with van der Waals surface area (Å²) in [5, 5.41) is 0. The van der Waals surface area contributed by atoms with Crippen LogP contribution in [0.3, 0.4) is 0 Å². The van der Waals surface area contributed by atoms with Crippen molar-refractivity contribution in [3.05, 3.63) is 35.9 Å². The molecule has 0 saturated carbocycles. The minimum atomic E-state index is -0.646. The maximum atomic E-state index is 6.06. The summed E-state index contributed by atoms with van der Waals surface area (Å²) in [6.07, 6.45) is -1.09. The van der Waals surface area contributed by atoms with Gasteiger partial charge in [-0.2, -0.15) is 0 Å². The molecular weight excluding hydrogens is 270 g/mol. The van der Waals surface area contributed by atoms with Gasteiger partial charge in [0.25, 0.3) is 0 Å². The van der Waals surface area contributed by atoms with Crippen LogP contribution in [0.5, 0.6) is 0 Å². The molecule has 2 aliphatic rings. The van der Waals surface area contributed by atoms with Gasteiger partial charge in [-0.05, 0) is 26.3 Å². The van der Waals surface area contributed by atoms with E-state index in [0.717, 1.165) is 5.56 Å². The van der Waals surface area contributed by atoms with E-state index in [9.17, 15) is 0 Å². The smallest absolute Gasteiger partial charge is 0.190 e. The Morgan fingerprint density at radius 3 is 2.62 bits per heavy atom. The minimum Gasteiger partial charge on any atom is -0.368 e. The van der Waals surface area contributed by atoms with Crippen molar-refractivity contribution in [3.63, 3.8) is 0 Å². The molecule has 5 atom stereocenters. The molecule has 0 unspecified atom stereocenters. The Morgan fingerprint density at radius 2 is 1.95 bits per heavy atom. The van der Waals surface area contributed by atoms with Gasteiger partial charge in [0, 0.05) is 6.04 Å². The predicted molar refractivity (Wildman–Crippen MR) is 77.4 cm³/mol. The lowest BCUT2D eigenvalue weighted by molar-refractivity contribution is -0.220. The van der Waals surface area contributed by atoms with E-state index < -0.39 is 12.1 Å². The molecule has 2 heterocycles. The summed E-state index contributed by atoms with van der Waals surface area (Å²) < 4.78 is 23.6. The number of hydrogen-bond donors (Lipinski definition) is 1. The molecule has 0 bridgehead atoms. The van der Waals surface area contributed by atoms with Gasteiger partial charge in [0.05, 0.1) is 6.61 Å². The number of hydrogen-bond acceptors (Lipinski definition) is 5. The first kappa shape index (κ1) is 14.9. The van der Waals surface area contributed by atoms with Gasteiger partial charge < -0.3 is 24.7 Å². The van der Waals surface area contributed by atoms with Crippen molar-refractivity contribution in [2.24, 2.45) is 5.73 Å². The lowest BCUT2D eigenvalue weighted by Crippen LogP contribution is -2.44. The highest BCUT2D eigenvalue weighted by Crippen LogP contribution is 2.39. The Balaban J connectivity index is 1.70. The molecule has 0 amide bonds. The van der Waals surface area contributed by atoms with Crippen LogP contribution in [0.4, 0.5) is 0 Å². The van der Waals surface area contributed by atoms with Crippen molar-refractivity contribution in [1.82, 2.24) is 0 Å². The van der Waals surface area contributed by atoms with Gasteiger partial charge in [-0.3, -0.25) is 0 Å². The first-order valence-electron chi connectivity index (χ1n) is 7.38. The molecule has 2 saturated heterocycles. The van der Waals surface area contributed by atoms with Crippen LogP contribution in [-0.2, 0) is 25.6 Å². The van der Waals surface area contributed by atoms with E-state index in [4.69, 9.17) is 24.7 Å². The average molecular weight is 293 g/mol. The molecule has 0 radical (unpaired) electrons. The molecule has 1 aromatic carbocycles. The van der Waals surface area contributed by atoms with Gasteiger partial charge in [0.2, 0.25) is 0 Å². The third-order valence-electron chi connectivity index (χ3n) is 3.83. The Labute approximate surface area is 125 Å². The van der Waals surface area contributed by atoms with Gasteiger partial charge in [-0.25, -0.2) is 0 Å². The maximum absolute atomic E-state index is 6.06. The number of nitrogens with two attached hydrogens (primary N) is 1. The second-order valence-corrected chi connectivity index (χ2v) is 6.19. The predicted octanol–water partition coefficient (Wildman–Crippen LogP) is 1.80. The molecule has 5 nitrogen and oxygen atoms in total. The third-order valence-corrected chi connectivity index (χ3v) is 3.83. The molecule has 3 rings (SSSR count). The fraction of sp³-hybridized carbons (Fsp3) is 0.625. The normalized spacial score (nSPS) is 35.6. The lowest BCUT2D eigenvalue weighted by Gasteiger charge is -2.27. The highest BCUT2D eigenvalue weighted by Gasteiger charge is 2.56. The summed E-state index contributed by atoms with van der Waals surface area (Å²) in [6.45, 7) is 6.18. The van der Waals surface area contributed by atoms with Crippen LogP contribution < -0.4 is 5.73 Å². The van der Waals surface area contributed by atoms with Gasteiger partial charge in [0.15, 0.2) is 12.1 Å². The largest absolute Gasteiger partial charge is 0.368 e. The molecule has 21 heavy (non-hydrogen) atoms. The van der Waals surface area contributed by atoms with Crippen molar-refractivity contribution in [2.75, 3.05) is 0 Å². The summed E-state index contributed by atoms with van der Waals surface area (Å²) in [4.78, 5) is 0. The standard InChI is InChI=1S/C16H23NO4/c1-10(17)12-13(18-9-11-7-5-4-6-8-11)14-15(19-12)21-16(2,3)20-14/h4-8,10,12-15H,9,17H2,1-3H3/t10-,12-,13+,14-,15-/m1/s1. The van der Waals surface area contributed by atoms with Crippen molar-refractivity contribution in [2.45, 2.75) is 63.8 Å². The Kier molecular flexibility index (Phi) is 4.03.